The summed E-state index contributed by atoms with van der Waals surface area (Å²) in [6, 6.07) is 4.97. The third kappa shape index (κ3) is 3.37. The molecule has 1 aliphatic rings. The fourth-order valence-electron chi connectivity index (χ4n) is 2.35. The van der Waals surface area contributed by atoms with Crippen molar-refractivity contribution >= 4 is 5.78 Å². The van der Waals surface area contributed by atoms with E-state index < -0.39 is 0 Å². The smallest absolute Gasteiger partial charge is 0.138 e. The van der Waals surface area contributed by atoms with Crippen molar-refractivity contribution in [3.05, 3.63) is 35.1 Å². The Bertz CT molecular complexity index is 411. The van der Waals surface area contributed by atoms with Crippen LogP contribution in [0.1, 0.15) is 30.4 Å². The number of carbonyl (C=O) groups excluding carboxylic acids is 1. The SMILES string of the molecule is Cc1cc(F)ccc1CC(=O)CC1CCCN1. The molecule has 17 heavy (non-hydrogen) atoms. The molecule has 0 amide bonds. The highest BCUT2D eigenvalue weighted by molar-refractivity contribution is 5.81. The molecule has 92 valence electrons. The number of Topliss-reactive ketones (excluding diaryl/α,β-unsaturated/α-hetero) is 1. The molecule has 0 aliphatic carbocycles. The van der Waals surface area contributed by atoms with Crippen LogP contribution in [-0.4, -0.2) is 18.4 Å². The number of carbonyl (C=O) groups is 1. The number of hydrogen-bond donors (Lipinski definition) is 1. The van der Waals surface area contributed by atoms with E-state index in [2.05, 4.69) is 5.32 Å². The van der Waals surface area contributed by atoms with Gasteiger partial charge >= 0.3 is 0 Å². The predicted molar refractivity (Wildman–Crippen MR) is 65.5 cm³/mol. The molecule has 1 aromatic rings. The second kappa shape index (κ2) is 5.41. The molecule has 0 bridgehead atoms. The number of rotatable bonds is 4. The highest BCUT2D eigenvalue weighted by atomic mass is 19.1. The van der Waals surface area contributed by atoms with Gasteiger partial charge in [0.1, 0.15) is 11.6 Å². The second-order valence-corrected chi connectivity index (χ2v) is 4.78. The normalized spacial score (nSPS) is 19.5. The summed E-state index contributed by atoms with van der Waals surface area (Å²) in [5, 5.41) is 3.32. The van der Waals surface area contributed by atoms with Gasteiger partial charge in [-0.15, -0.1) is 0 Å². The van der Waals surface area contributed by atoms with Gasteiger partial charge in [-0.1, -0.05) is 6.07 Å². The van der Waals surface area contributed by atoms with Crippen LogP contribution in [0.2, 0.25) is 0 Å². The molecule has 0 radical (unpaired) electrons. The molecule has 1 fully saturated rings. The van der Waals surface area contributed by atoms with Gasteiger partial charge in [-0.25, -0.2) is 4.39 Å². The van der Waals surface area contributed by atoms with Crippen LogP contribution in [-0.2, 0) is 11.2 Å². The zero-order valence-corrected chi connectivity index (χ0v) is 10.1. The lowest BCUT2D eigenvalue weighted by atomic mass is 9.99. The molecule has 1 heterocycles. The van der Waals surface area contributed by atoms with Crippen LogP contribution >= 0.6 is 0 Å². The Kier molecular flexibility index (Phi) is 3.89. The van der Waals surface area contributed by atoms with Gasteiger partial charge in [0.15, 0.2) is 0 Å². The highest BCUT2D eigenvalue weighted by Crippen LogP contribution is 2.14. The molecule has 1 aliphatic heterocycles. The number of ketones is 1. The van der Waals surface area contributed by atoms with E-state index in [1.54, 1.807) is 6.07 Å². The summed E-state index contributed by atoms with van der Waals surface area (Å²) in [7, 11) is 0. The summed E-state index contributed by atoms with van der Waals surface area (Å²) < 4.78 is 12.9. The Morgan fingerprint density at radius 2 is 2.35 bits per heavy atom. The molecule has 2 rings (SSSR count). The third-order valence-corrected chi connectivity index (χ3v) is 3.33. The topological polar surface area (TPSA) is 29.1 Å². The van der Waals surface area contributed by atoms with Crippen molar-refractivity contribution in [2.24, 2.45) is 0 Å². The van der Waals surface area contributed by atoms with E-state index in [0.717, 1.165) is 30.5 Å². The van der Waals surface area contributed by atoms with Crippen molar-refractivity contribution in [2.75, 3.05) is 6.54 Å². The van der Waals surface area contributed by atoms with Gasteiger partial charge in [0, 0.05) is 18.9 Å². The molecule has 1 N–H and O–H groups in total. The van der Waals surface area contributed by atoms with Crippen LogP contribution in [0.4, 0.5) is 4.39 Å². The van der Waals surface area contributed by atoms with Crippen LogP contribution in [0.3, 0.4) is 0 Å². The minimum atomic E-state index is -0.240. The molecule has 2 nitrogen and oxygen atoms in total. The maximum atomic E-state index is 12.9. The van der Waals surface area contributed by atoms with Crippen LogP contribution in [0.15, 0.2) is 18.2 Å². The van der Waals surface area contributed by atoms with Crippen LogP contribution in [0, 0.1) is 12.7 Å². The Morgan fingerprint density at radius 1 is 1.53 bits per heavy atom. The molecular formula is C14H18FNO. The van der Waals surface area contributed by atoms with E-state index in [-0.39, 0.29) is 11.6 Å². The summed E-state index contributed by atoms with van der Waals surface area (Å²) in [5.41, 5.74) is 1.80. The Morgan fingerprint density at radius 3 is 3.00 bits per heavy atom. The number of benzene rings is 1. The molecule has 1 unspecified atom stereocenters. The van der Waals surface area contributed by atoms with Crippen LogP contribution < -0.4 is 5.32 Å². The maximum Gasteiger partial charge on any atom is 0.138 e. The van der Waals surface area contributed by atoms with Gasteiger partial charge in [-0.3, -0.25) is 4.79 Å². The van der Waals surface area contributed by atoms with Crippen molar-refractivity contribution in [3.63, 3.8) is 0 Å². The zero-order chi connectivity index (χ0) is 12.3. The van der Waals surface area contributed by atoms with Crippen molar-refractivity contribution in [3.8, 4) is 0 Å². The summed E-state index contributed by atoms with van der Waals surface area (Å²) in [6.07, 6.45) is 3.27. The quantitative estimate of drug-likeness (QED) is 0.868. The second-order valence-electron chi connectivity index (χ2n) is 4.78. The van der Waals surface area contributed by atoms with Crippen molar-refractivity contribution in [1.29, 1.82) is 0 Å². The van der Waals surface area contributed by atoms with E-state index >= 15 is 0 Å². The third-order valence-electron chi connectivity index (χ3n) is 3.33. The molecule has 0 saturated carbocycles. The Balaban J connectivity index is 1.93. The average molecular weight is 235 g/mol. The lowest BCUT2D eigenvalue weighted by molar-refractivity contribution is -0.118. The maximum absolute atomic E-state index is 12.9. The number of hydrogen-bond acceptors (Lipinski definition) is 2. The number of nitrogens with one attached hydrogen (secondary N) is 1. The number of aryl methyl sites for hydroxylation is 1. The van der Waals surface area contributed by atoms with Crippen molar-refractivity contribution in [1.82, 2.24) is 5.32 Å². The molecule has 0 spiro atoms. The Labute approximate surface area is 101 Å². The summed E-state index contributed by atoms with van der Waals surface area (Å²) >= 11 is 0. The zero-order valence-electron chi connectivity index (χ0n) is 10.1. The molecule has 1 aromatic carbocycles. The van der Waals surface area contributed by atoms with Crippen molar-refractivity contribution < 1.29 is 9.18 Å². The lowest BCUT2D eigenvalue weighted by Crippen LogP contribution is -2.25. The minimum absolute atomic E-state index is 0.235. The fourth-order valence-corrected chi connectivity index (χ4v) is 2.35. The van der Waals surface area contributed by atoms with Gasteiger partial charge in [-0.05, 0) is 49.6 Å². The summed E-state index contributed by atoms with van der Waals surface area (Å²) in [6.45, 7) is 2.87. The fraction of sp³-hybridized carbons (Fsp3) is 0.500. The predicted octanol–water partition coefficient (Wildman–Crippen LogP) is 2.39. The monoisotopic (exact) mass is 235 g/mol. The van der Waals surface area contributed by atoms with E-state index in [1.807, 2.05) is 6.92 Å². The molecule has 3 heteroatoms. The van der Waals surface area contributed by atoms with Gasteiger partial charge < -0.3 is 5.32 Å². The van der Waals surface area contributed by atoms with Crippen molar-refractivity contribution in [2.45, 2.75) is 38.6 Å². The molecule has 1 saturated heterocycles. The minimum Gasteiger partial charge on any atom is -0.314 e. The highest BCUT2D eigenvalue weighted by Gasteiger charge is 2.18. The molecule has 1 atom stereocenters. The van der Waals surface area contributed by atoms with Gasteiger partial charge in [0.2, 0.25) is 0 Å². The Hall–Kier alpha value is -1.22. The van der Waals surface area contributed by atoms with Gasteiger partial charge in [0.25, 0.3) is 0 Å². The van der Waals surface area contributed by atoms with Gasteiger partial charge in [-0.2, -0.15) is 0 Å². The van der Waals surface area contributed by atoms with E-state index in [0.29, 0.717) is 18.9 Å². The van der Waals surface area contributed by atoms with Gasteiger partial charge in [0.05, 0.1) is 0 Å². The van der Waals surface area contributed by atoms with E-state index in [4.69, 9.17) is 0 Å². The largest absolute Gasteiger partial charge is 0.314 e. The number of halogens is 1. The van der Waals surface area contributed by atoms with Crippen LogP contribution in [0.25, 0.3) is 0 Å². The summed E-state index contributed by atoms with van der Waals surface area (Å²) in [4.78, 5) is 11.9. The lowest BCUT2D eigenvalue weighted by Gasteiger charge is -2.10. The van der Waals surface area contributed by atoms with Crippen LogP contribution in [0.5, 0.6) is 0 Å². The molecular weight excluding hydrogens is 217 g/mol. The first-order valence-corrected chi connectivity index (χ1v) is 6.15. The summed E-state index contributed by atoms with van der Waals surface area (Å²) in [5.74, 6) is -0.00438. The molecule has 0 aromatic heterocycles. The average Bonchev–Trinajstić information content (AvgIpc) is 2.75. The first-order valence-electron chi connectivity index (χ1n) is 6.15. The van der Waals surface area contributed by atoms with E-state index in [1.165, 1.54) is 12.1 Å². The standard InChI is InChI=1S/C14H18FNO/c1-10-7-12(15)5-4-11(10)8-14(17)9-13-3-2-6-16-13/h4-5,7,13,16H,2-3,6,8-9H2,1H3. The van der Waals surface area contributed by atoms with E-state index in [9.17, 15) is 9.18 Å². The first-order chi connectivity index (χ1) is 8.15. The first kappa shape index (κ1) is 12.2.